The van der Waals surface area contributed by atoms with Crippen LogP contribution in [0.3, 0.4) is 0 Å². The van der Waals surface area contributed by atoms with Gasteiger partial charge in [0.25, 0.3) is 0 Å². The quantitative estimate of drug-likeness (QED) is 0.620. The molecule has 1 aliphatic rings. The van der Waals surface area contributed by atoms with Gasteiger partial charge < -0.3 is 4.74 Å². The van der Waals surface area contributed by atoms with Gasteiger partial charge in [-0.1, -0.05) is 20.8 Å². The molecular formula is C10H23OP. The second-order valence-corrected chi connectivity index (χ2v) is 6.18. The third-order valence-corrected chi connectivity index (χ3v) is 4.85. The molecule has 12 heavy (non-hydrogen) atoms. The summed E-state index contributed by atoms with van der Waals surface area (Å²) in [5.74, 6) is 0. The fourth-order valence-corrected chi connectivity index (χ4v) is 2.52. The number of ether oxygens (including phenoxy) is 1. The van der Waals surface area contributed by atoms with Crippen LogP contribution in [0.5, 0.6) is 0 Å². The zero-order valence-corrected chi connectivity index (χ0v) is 9.70. The smallest absolute Gasteiger partial charge is 0.0466 e. The highest BCUT2D eigenvalue weighted by Gasteiger charge is 1.95. The van der Waals surface area contributed by atoms with E-state index in [-0.39, 0.29) is 0 Å². The average molecular weight is 190 g/mol. The maximum Gasteiger partial charge on any atom is 0.0466 e. The zero-order valence-electron chi connectivity index (χ0n) is 8.81. The van der Waals surface area contributed by atoms with Crippen LogP contribution in [-0.2, 0) is 4.74 Å². The van der Waals surface area contributed by atoms with Crippen LogP contribution in [-0.4, -0.2) is 31.7 Å². The Labute approximate surface area is 78.6 Å². The Bertz CT molecular complexity index is 64.8. The van der Waals surface area contributed by atoms with Crippen molar-refractivity contribution in [2.75, 3.05) is 31.7 Å². The van der Waals surface area contributed by atoms with Gasteiger partial charge in [-0.2, -0.15) is 0 Å². The van der Waals surface area contributed by atoms with Crippen LogP contribution < -0.4 is 0 Å². The highest BCUT2D eigenvalue weighted by atomic mass is 31.1. The van der Waals surface area contributed by atoms with E-state index in [1.807, 2.05) is 0 Å². The van der Waals surface area contributed by atoms with E-state index in [4.69, 9.17) is 4.74 Å². The molecule has 1 fully saturated rings. The lowest BCUT2D eigenvalue weighted by atomic mass is 10.4. The van der Waals surface area contributed by atoms with Gasteiger partial charge in [0.2, 0.25) is 0 Å². The lowest BCUT2D eigenvalue weighted by molar-refractivity contribution is 0.198. The van der Waals surface area contributed by atoms with Gasteiger partial charge in [-0.25, -0.2) is 0 Å². The molecule has 0 aromatic rings. The molecule has 1 aliphatic heterocycles. The third kappa shape index (κ3) is 7.06. The zero-order chi connectivity index (χ0) is 9.23. The Balaban J connectivity index is 0.000000211. The molecule has 74 valence electrons. The maximum absolute atomic E-state index is 4.94. The predicted molar refractivity (Wildman–Crippen MR) is 58.6 cm³/mol. The summed E-state index contributed by atoms with van der Waals surface area (Å²) in [6.45, 7) is 8.87. The van der Waals surface area contributed by atoms with Gasteiger partial charge in [-0.3, -0.25) is 0 Å². The fraction of sp³-hybridized carbons (Fsp3) is 1.00. The van der Waals surface area contributed by atoms with Crippen molar-refractivity contribution in [2.24, 2.45) is 0 Å². The Kier molecular flexibility index (Phi) is 9.79. The normalized spacial score (nSPS) is 16.0. The highest BCUT2D eigenvalue weighted by Crippen LogP contribution is 2.32. The largest absolute Gasteiger partial charge is 0.381 e. The monoisotopic (exact) mass is 190 g/mol. The van der Waals surface area contributed by atoms with Gasteiger partial charge in [0.15, 0.2) is 0 Å². The van der Waals surface area contributed by atoms with E-state index in [1.165, 1.54) is 31.3 Å². The van der Waals surface area contributed by atoms with Crippen LogP contribution in [0.1, 0.15) is 33.6 Å². The molecule has 0 saturated carbocycles. The molecule has 0 aromatic carbocycles. The average Bonchev–Trinajstić information content (AvgIpc) is 2.64. The summed E-state index contributed by atoms with van der Waals surface area (Å²) in [6.07, 6.45) is 6.81. The molecule has 1 heterocycles. The van der Waals surface area contributed by atoms with Crippen molar-refractivity contribution in [3.8, 4) is 0 Å². The SMILES string of the molecule is C1CCOC1.CCP(CC)CC. The van der Waals surface area contributed by atoms with Gasteiger partial charge in [0.1, 0.15) is 0 Å². The highest BCUT2D eigenvalue weighted by molar-refractivity contribution is 7.57. The number of hydrogen-bond acceptors (Lipinski definition) is 1. The van der Waals surface area contributed by atoms with Crippen LogP contribution in [0.2, 0.25) is 0 Å². The third-order valence-electron chi connectivity index (χ3n) is 2.17. The standard InChI is InChI=1S/C6H15P.C4H8O/c1-4-7(5-2)6-3;1-2-4-5-3-1/h4-6H2,1-3H3;1-4H2. The van der Waals surface area contributed by atoms with E-state index < -0.39 is 0 Å². The minimum absolute atomic E-state index is 0.446. The van der Waals surface area contributed by atoms with Crippen molar-refractivity contribution in [1.29, 1.82) is 0 Å². The Morgan fingerprint density at radius 3 is 1.42 bits per heavy atom. The molecule has 0 amide bonds. The number of rotatable bonds is 3. The summed E-state index contributed by atoms with van der Waals surface area (Å²) in [6, 6.07) is 0. The summed E-state index contributed by atoms with van der Waals surface area (Å²) >= 11 is 0. The molecule has 2 heteroatoms. The summed E-state index contributed by atoms with van der Waals surface area (Å²) in [4.78, 5) is 0. The van der Waals surface area contributed by atoms with E-state index in [0.717, 1.165) is 13.2 Å². The molecule has 0 spiro atoms. The Hall–Kier alpha value is 0.390. The van der Waals surface area contributed by atoms with Crippen LogP contribution in [0.25, 0.3) is 0 Å². The molecule has 0 atom stereocenters. The molecule has 0 aliphatic carbocycles. The minimum atomic E-state index is 0.446. The lowest BCUT2D eigenvalue weighted by Crippen LogP contribution is -1.83. The van der Waals surface area contributed by atoms with Gasteiger partial charge in [-0.15, -0.1) is 7.92 Å². The first-order chi connectivity index (χ1) is 5.85. The minimum Gasteiger partial charge on any atom is -0.381 e. The predicted octanol–water partition coefficient (Wildman–Crippen LogP) is 3.32. The van der Waals surface area contributed by atoms with E-state index in [1.54, 1.807) is 0 Å². The van der Waals surface area contributed by atoms with Crippen molar-refractivity contribution in [3.05, 3.63) is 0 Å². The van der Waals surface area contributed by atoms with Gasteiger partial charge >= 0.3 is 0 Å². The lowest BCUT2D eigenvalue weighted by Gasteiger charge is -2.07. The van der Waals surface area contributed by atoms with Crippen molar-refractivity contribution >= 4 is 7.92 Å². The van der Waals surface area contributed by atoms with E-state index in [2.05, 4.69) is 20.8 Å². The van der Waals surface area contributed by atoms with E-state index in [9.17, 15) is 0 Å². The second-order valence-electron chi connectivity index (χ2n) is 2.94. The number of hydrogen-bond donors (Lipinski definition) is 0. The first kappa shape index (κ1) is 12.4. The fourth-order valence-electron chi connectivity index (χ4n) is 1.18. The molecular weight excluding hydrogens is 167 g/mol. The van der Waals surface area contributed by atoms with E-state index >= 15 is 0 Å². The van der Waals surface area contributed by atoms with Crippen molar-refractivity contribution in [2.45, 2.75) is 33.6 Å². The topological polar surface area (TPSA) is 9.23 Å². The van der Waals surface area contributed by atoms with Gasteiger partial charge in [-0.05, 0) is 31.3 Å². The molecule has 1 rings (SSSR count). The summed E-state index contributed by atoms with van der Waals surface area (Å²) in [7, 11) is 0.446. The van der Waals surface area contributed by atoms with Gasteiger partial charge in [0.05, 0.1) is 0 Å². The first-order valence-electron chi connectivity index (χ1n) is 5.15. The molecule has 0 N–H and O–H groups in total. The summed E-state index contributed by atoms with van der Waals surface area (Å²) < 4.78 is 4.94. The molecule has 0 aromatic heterocycles. The Morgan fingerprint density at radius 1 is 0.917 bits per heavy atom. The Morgan fingerprint density at radius 2 is 1.33 bits per heavy atom. The van der Waals surface area contributed by atoms with Crippen molar-refractivity contribution in [1.82, 2.24) is 0 Å². The van der Waals surface area contributed by atoms with Crippen molar-refractivity contribution < 1.29 is 4.74 Å². The molecule has 0 radical (unpaired) electrons. The van der Waals surface area contributed by atoms with Crippen LogP contribution in [0, 0.1) is 0 Å². The van der Waals surface area contributed by atoms with Crippen molar-refractivity contribution in [3.63, 3.8) is 0 Å². The summed E-state index contributed by atoms with van der Waals surface area (Å²) in [5.41, 5.74) is 0. The van der Waals surface area contributed by atoms with Crippen LogP contribution in [0.4, 0.5) is 0 Å². The summed E-state index contributed by atoms with van der Waals surface area (Å²) in [5, 5.41) is 0. The molecule has 0 unspecified atom stereocenters. The van der Waals surface area contributed by atoms with Crippen LogP contribution >= 0.6 is 7.92 Å². The maximum atomic E-state index is 4.94. The van der Waals surface area contributed by atoms with E-state index in [0.29, 0.717) is 7.92 Å². The first-order valence-corrected chi connectivity index (χ1v) is 7.04. The molecule has 1 saturated heterocycles. The second kappa shape index (κ2) is 9.48. The van der Waals surface area contributed by atoms with Gasteiger partial charge in [0, 0.05) is 13.2 Å². The van der Waals surface area contributed by atoms with Crippen LogP contribution in [0.15, 0.2) is 0 Å². The molecule has 0 bridgehead atoms. The molecule has 1 nitrogen and oxygen atoms in total.